The van der Waals surface area contributed by atoms with Crippen LogP contribution in [0.1, 0.15) is 18.5 Å². The van der Waals surface area contributed by atoms with E-state index in [9.17, 15) is 18.0 Å². The number of fused-ring (bicyclic) bond motifs is 1. The smallest absolute Gasteiger partial charge is 0.408 e. The number of nitrogens with zero attached hydrogens (tertiary/aromatic N) is 2. The van der Waals surface area contributed by atoms with Gasteiger partial charge in [0.25, 0.3) is 0 Å². The molecule has 2 heterocycles. The summed E-state index contributed by atoms with van der Waals surface area (Å²) in [6.07, 6.45) is -2.34. The van der Waals surface area contributed by atoms with Crippen LogP contribution < -0.4 is 15.4 Å². The lowest BCUT2D eigenvalue weighted by Gasteiger charge is -2.16. The monoisotopic (exact) mass is 340 g/mol. The molecule has 2 N–H and O–H groups in total. The molecule has 0 aliphatic carbocycles. The zero-order valence-corrected chi connectivity index (χ0v) is 12.7. The van der Waals surface area contributed by atoms with Gasteiger partial charge in [0.05, 0.1) is 17.9 Å². The Bertz CT molecular complexity index is 744. The third-order valence-corrected chi connectivity index (χ3v) is 3.56. The molecule has 2 amide bonds. The van der Waals surface area contributed by atoms with Crippen molar-refractivity contribution < 1.29 is 22.7 Å². The van der Waals surface area contributed by atoms with Crippen LogP contribution in [0.15, 0.2) is 36.7 Å². The van der Waals surface area contributed by atoms with Crippen molar-refractivity contribution >= 4 is 11.7 Å². The number of halogens is 3. The lowest BCUT2D eigenvalue weighted by Crippen LogP contribution is -2.36. The molecule has 2 atom stereocenters. The van der Waals surface area contributed by atoms with E-state index in [2.05, 4.69) is 15.7 Å². The maximum absolute atomic E-state index is 12.3. The first-order valence-electron chi connectivity index (χ1n) is 7.24. The molecule has 128 valence electrons. The van der Waals surface area contributed by atoms with Crippen LogP contribution in [0, 0.1) is 0 Å². The summed E-state index contributed by atoms with van der Waals surface area (Å²) >= 11 is 0. The first-order valence-corrected chi connectivity index (χ1v) is 7.24. The minimum atomic E-state index is -4.37. The number of ether oxygens (including phenoxy) is 1. The molecular weight excluding hydrogens is 325 g/mol. The van der Waals surface area contributed by atoms with Crippen LogP contribution >= 0.6 is 0 Å². The first kappa shape index (κ1) is 16.2. The molecule has 0 saturated carbocycles. The van der Waals surface area contributed by atoms with Crippen LogP contribution in [0.25, 0.3) is 0 Å². The number of anilines is 1. The van der Waals surface area contributed by atoms with E-state index in [1.54, 1.807) is 0 Å². The van der Waals surface area contributed by atoms with Gasteiger partial charge in [-0.15, -0.1) is 0 Å². The number of rotatable bonds is 3. The maximum Gasteiger partial charge on any atom is 0.408 e. The van der Waals surface area contributed by atoms with E-state index in [0.29, 0.717) is 10.4 Å². The van der Waals surface area contributed by atoms with Crippen molar-refractivity contribution in [1.82, 2.24) is 15.1 Å². The molecule has 9 heteroatoms. The molecule has 0 spiro atoms. The van der Waals surface area contributed by atoms with Gasteiger partial charge >= 0.3 is 12.2 Å². The zero-order chi connectivity index (χ0) is 17.3. The highest BCUT2D eigenvalue weighted by Crippen LogP contribution is 2.36. The number of hydrogen-bond acceptors (Lipinski definition) is 3. The topological polar surface area (TPSA) is 68.2 Å². The van der Waals surface area contributed by atoms with Gasteiger partial charge in [-0.05, 0) is 13.0 Å². The highest BCUT2D eigenvalue weighted by molar-refractivity contribution is 5.89. The molecule has 1 aliphatic heterocycles. The Hall–Kier alpha value is -2.71. The van der Waals surface area contributed by atoms with E-state index >= 15 is 0 Å². The van der Waals surface area contributed by atoms with Crippen LogP contribution in [-0.2, 0) is 6.54 Å². The normalized spacial score (nSPS) is 19.5. The molecule has 3 rings (SSSR count). The van der Waals surface area contributed by atoms with Crippen LogP contribution in [0.3, 0.4) is 0 Å². The van der Waals surface area contributed by atoms with E-state index in [4.69, 9.17) is 4.74 Å². The summed E-state index contributed by atoms with van der Waals surface area (Å²) in [6.45, 7) is 0.615. The van der Waals surface area contributed by atoms with Crippen molar-refractivity contribution in [3.05, 3.63) is 42.2 Å². The fraction of sp³-hybridized carbons (Fsp3) is 0.333. The van der Waals surface area contributed by atoms with E-state index in [0.717, 1.165) is 18.0 Å². The van der Waals surface area contributed by atoms with Crippen molar-refractivity contribution in [3.63, 3.8) is 0 Å². The van der Waals surface area contributed by atoms with E-state index in [1.165, 1.54) is 0 Å². The summed E-state index contributed by atoms with van der Waals surface area (Å²) in [5, 5.41) is 8.79. The van der Waals surface area contributed by atoms with Crippen LogP contribution in [0.2, 0.25) is 0 Å². The highest BCUT2D eigenvalue weighted by Gasteiger charge is 2.32. The van der Waals surface area contributed by atoms with Gasteiger partial charge in [0.1, 0.15) is 18.4 Å². The van der Waals surface area contributed by atoms with Gasteiger partial charge in [-0.1, -0.05) is 18.2 Å². The third-order valence-electron chi connectivity index (χ3n) is 3.56. The van der Waals surface area contributed by atoms with Crippen molar-refractivity contribution in [2.24, 2.45) is 0 Å². The molecule has 1 aromatic heterocycles. The van der Waals surface area contributed by atoms with Gasteiger partial charge in [0.2, 0.25) is 0 Å². The number of benzene rings is 1. The Balaban J connectivity index is 1.62. The lowest BCUT2D eigenvalue weighted by atomic mass is 10.1. The number of urea groups is 1. The zero-order valence-electron chi connectivity index (χ0n) is 12.7. The van der Waals surface area contributed by atoms with Crippen LogP contribution in [0.5, 0.6) is 5.75 Å². The molecule has 1 aromatic carbocycles. The number of para-hydroxylation sites is 1. The van der Waals surface area contributed by atoms with Gasteiger partial charge in [-0.3, -0.25) is 4.68 Å². The Labute approximate surface area is 135 Å². The molecule has 0 saturated heterocycles. The number of carbonyl (C=O) groups is 1. The number of alkyl halides is 3. The third kappa shape index (κ3) is 3.61. The predicted octanol–water partition coefficient (Wildman–Crippen LogP) is 3.09. The average Bonchev–Trinajstić information content (AvgIpc) is 3.02. The number of amides is 2. The molecule has 24 heavy (non-hydrogen) atoms. The Morgan fingerprint density at radius 2 is 2.12 bits per heavy atom. The Morgan fingerprint density at radius 1 is 1.38 bits per heavy atom. The summed E-state index contributed by atoms with van der Waals surface area (Å²) in [5.74, 6) is 0.702. The molecule has 0 fully saturated rings. The van der Waals surface area contributed by atoms with E-state index < -0.39 is 18.8 Å². The number of hydrogen-bond donors (Lipinski definition) is 2. The van der Waals surface area contributed by atoms with Crippen LogP contribution in [-0.4, -0.2) is 28.1 Å². The first-order chi connectivity index (χ1) is 11.3. The second kappa shape index (κ2) is 6.06. The van der Waals surface area contributed by atoms with Crippen molar-refractivity contribution in [3.8, 4) is 5.75 Å². The molecule has 2 aromatic rings. The summed E-state index contributed by atoms with van der Waals surface area (Å²) in [6, 6.07) is 6.46. The fourth-order valence-electron chi connectivity index (χ4n) is 2.57. The van der Waals surface area contributed by atoms with Gasteiger partial charge < -0.3 is 15.4 Å². The van der Waals surface area contributed by atoms with Crippen molar-refractivity contribution in [1.29, 1.82) is 0 Å². The van der Waals surface area contributed by atoms with Gasteiger partial charge in [-0.2, -0.15) is 18.3 Å². The summed E-state index contributed by atoms with van der Waals surface area (Å²) in [5.41, 5.74) is 1.03. The lowest BCUT2D eigenvalue weighted by molar-refractivity contribution is -0.142. The second-order valence-electron chi connectivity index (χ2n) is 5.48. The molecule has 6 nitrogen and oxygen atoms in total. The Kier molecular flexibility index (Phi) is 4.08. The second-order valence-corrected chi connectivity index (χ2v) is 5.48. The van der Waals surface area contributed by atoms with E-state index in [1.807, 2.05) is 31.2 Å². The molecule has 1 aliphatic rings. The van der Waals surface area contributed by atoms with Gasteiger partial charge in [0, 0.05) is 11.8 Å². The quantitative estimate of drug-likeness (QED) is 0.902. The summed E-state index contributed by atoms with van der Waals surface area (Å²) in [7, 11) is 0. The minimum Gasteiger partial charge on any atom is -0.488 e. The molecule has 0 radical (unpaired) electrons. The van der Waals surface area contributed by atoms with Crippen molar-refractivity contribution in [2.45, 2.75) is 31.8 Å². The molecule has 0 unspecified atom stereocenters. The summed E-state index contributed by atoms with van der Waals surface area (Å²) in [4.78, 5) is 12.1. The standard InChI is InChI=1S/C15H15F3N4O2/c1-9-13(11-4-2-3-5-12(11)24-9)21-14(23)20-10-6-19-22(7-10)8-15(16,17)18/h2-7,9,13H,8H2,1H3,(H2,20,21,23)/t9-,13+/m1/s1. The predicted molar refractivity (Wildman–Crippen MR) is 79.7 cm³/mol. The van der Waals surface area contributed by atoms with Gasteiger partial charge in [-0.25, -0.2) is 4.79 Å². The maximum atomic E-state index is 12.3. The number of nitrogens with one attached hydrogen (secondary N) is 2. The minimum absolute atomic E-state index is 0.177. The Morgan fingerprint density at radius 3 is 2.88 bits per heavy atom. The summed E-state index contributed by atoms with van der Waals surface area (Å²) < 4.78 is 43.2. The number of carbonyl (C=O) groups excluding carboxylic acids is 1. The fourth-order valence-corrected chi connectivity index (χ4v) is 2.57. The number of aromatic nitrogens is 2. The van der Waals surface area contributed by atoms with Gasteiger partial charge in [0.15, 0.2) is 0 Å². The van der Waals surface area contributed by atoms with E-state index in [-0.39, 0.29) is 17.8 Å². The van der Waals surface area contributed by atoms with Crippen LogP contribution in [0.4, 0.5) is 23.7 Å². The largest absolute Gasteiger partial charge is 0.488 e. The SMILES string of the molecule is C[C@H]1Oc2ccccc2[C@H]1NC(=O)Nc1cnn(CC(F)(F)F)c1. The van der Waals surface area contributed by atoms with Crippen molar-refractivity contribution in [2.75, 3.05) is 5.32 Å². The average molecular weight is 340 g/mol. The highest BCUT2D eigenvalue weighted by atomic mass is 19.4. The molecule has 0 bridgehead atoms. The molecular formula is C15H15F3N4O2.